The molecule has 12 heavy (non-hydrogen) atoms. The van der Waals surface area contributed by atoms with Crippen LogP contribution >= 0.6 is 0 Å². The van der Waals surface area contributed by atoms with Gasteiger partial charge in [0.1, 0.15) is 11.5 Å². The van der Waals surface area contributed by atoms with Crippen molar-refractivity contribution in [1.82, 2.24) is 14.9 Å². The summed E-state index contributed by atoms with van der Waals surface area (Å²) < 4.78 is 0. The Kier molecular flexibility index (Phi) is 2.23. The summed E-state index contributed by atoms with van der Waals surface area (Å²) in [6.45, 7) is 0. The number of hydrogen-bond donors (Lipinski definition) is 1. The number of hydrogen-bond acceptors (Lipinski definition) is 4. The van der Waals surface area contributed by atoms with Crippen LogP contribution in [0.4, 0.5) is 5.82 Å². The molecule has 0 spiro atoms. The predicted octanol–water partition coefficient (Wildman–Crippen LogP) is -0.239. The van der Waals surface area contributed by atoms with Crippen molar-refractivity contribution in [2.45, 2.75) is 0 Å². The molecule has 0 fully saturated rings. The Hall–Kier alpha value is -1.65. The third-order valence-electron chi connectivity index (χ3n) is 1.30. The predicted molar refractivity (Wildman–Crippen MR) is 44.5 cm³/mol. The average molecular weight is 166 g/mol. The zero-order chi connectivity index (χ0) is 9.14. The zero-order valence-electron chi connectivity index (χ0n) is 6.98. The van der Waals surface area contributed by atoms with E-state index in [-0.39, 0.29) is 5.91 Å². The van der Waals surface area contributed by atoms with Gasteiger partial charge in [0.25, 0.3) is 5.91 Å². The van der Waals surface area contributed by atoms with Gasteiger partial charge in [0.05, 0.1) is 12.4 Å². The van der Waals surface area contributed by atoms with Crippen molar-refractivity contribution in [3.63, 3.8) is 0 Å². The zero-order valence-corrected chi connectivity index (χ0v) is 6.98. The van der Waals surface area contributed by atoms with E-state index in [0.717, 1.165) is 0 Å². The highest BCUT2D eigenvalue weighted by molar-refractivity contribution is 5.91. The van der Waals surface area contributed by atoms with Gasteiger partial charge >= 0.3 is 0 Å². The molecule has 0 unspecified atom stereocenters. The van der Waals surface area contributed by atoms with E-state index in [1.807, 2.05) is 0 Å². The van der Waals surface area contributed by atoms with E-state index >= 15 is 0 Å². The first-order chi connectivity index (χ1) is 5.61. The molecule has 5 heteroatoms. The van der Waals surface area contributed by atoms with Gasteiger partial charge in [-0.1, -0.05) is 0 Å². The van der Waals surface area contributed by atoms with Crippen LogP contribution < -0.4 is 5.73 Å². The SMILES string of the molecule is CN(C)C(=O)c1cnc(N)cn1. The number of nitrogens with zero attached hydrogens (tertiary/aromatic N) is 3. The van der Waals surface area contributed by atoms with E-state index < -0.39 is 0 Å². The molecule has 1 aromatic rings. The molecule has 1 aromatic heterocycles. The first kappa shape index (κ1) is 8.45. The molecule has 1 rings (SSSR count). The van der Waals surface area contributed by atoms with Gasteiger partial charge in [-0.05, 0) is 0 Å². The van der Waals surface area contributed by atoms with Crippen LogP contribution in [-0.4, -0.2) is 34.9 Å². The number of amides is 1. The van der Waals surface area contributed by atoms with Gasteiger partial charge < -0.3 is 10.6 Å². The topological polar surface area (TPSA) is 72.1 Å². The summed E-state index contributed by atoms with van der Waals surface area (Å²) in [7, 11) is 3.31. The third kappa shape index (κ3) is 1.69. The van der Waals surface area contributed by atoms with Crippen LogP contribution in [0.15, 0.2) is 12.4 Å². The first-order valence-corrected chi connectivity index (χ1v) is 3.40. The van der Waals surface area contributed by atoms with Crippen molar-refractivity contribution in [3.05, 3.63) is 18.1 Å². The second-order valence-electron chi connectivity index (χ2n) is 2.53. The largest absolute Gasteiger partial charge is 0.382 e. The lowest BCUT2D eigenvalue weighted by atomic mass is 10.4. The lowest BCUT2D eigenvalue weighted by molar-refractivity contribution is 0.0821. The molecule has 0 saturated carbocycles. The molecule has 1 heterocycles. The minimum Gasteiger partial charge on any atom is -0.382 e. The van der Waals surface area contributed by atoms with Crippen molar-refractivity contribution in [3.8, 4) is 0 Å². The number of rotatable bonds is 1. The Morgan fingerprint density at radius 3 is 2.50 bits per heavy atom. The number of nitrogen functional groups attached to an aromatic ring is 1. The van der Waals surface area contributed by atoms with Crippen LogP contribution in [0.2, 0.25) is 0 Å². The summed E-state index contributed by atoms with van der Waals surface area (Å²) in [5, 5.41) is 0. The van der Waals surface area contributed by atoms with Crippen LogP contribution in [0, 0.1) is 0 Å². The monoisotopic (exact) mass is 166 g/mol. The molecule has 0 aliphatic carbocycles. The highest BCUT2D eigenvalue weighted by atomic mass is 16.2. The summed E-state index contributed by atoms with van der Waals surface area (Å²) in [4.78, 5) is 20.2. The summed E-state index contributed by atoms with van der Waals surface area (Å²) >= 11 is 0. The standard InChI is InChI=1S/C7H10N4O/c1-11(2)7(12)5-3-10-6(8)4-9-5/h3-4H,1-2H3,(H2,8,10). The van der Waals surface area contributed by atoms with Gasteiger partial charge in [-0.15, -0.1) is 0 Å². The van der Waals surface area contributed by atoms with Crippen LogP contribution in [0.3, 0.4) is 0 Å². The molecule has 0 saturated heterocycles. The van der Waals surface area contributed by atoms with Crippen molar-refractivity contribution < 1.29 is 4.79 Å². The fraction of sp³-hybridized carbons (Fsp3) is 0.286. The summed E-state index contributed by atoms with van der Waals surface area (Å²) in [6.07, 6.45) is 2.72. The maximum atomic E-state index is 11.2. The molecule has 0 bridgehead atoms. The molecule has 2 N–H and O–H groups in total. The molecular formula is C7H10N4O. The van der Waals surface area contributed by atoms with Gasteiger partial charge in [0.2, 0.25) is 0 Å². The normalized spacial score (nSPS) is 9.50. The Morgan fingerprint density at radius 1 is 1.42 bits per heavy atom. The van der Waals surface area contributed by atoms with Crippen LogP contribution in [-0.2, 0) is 0 Å². The summed E-state index contributed by atoms with van der Waals surface area (Å²) in [6, 6.07) is 0. The first-order valence-electron chi connectivity index (χ1n) is 3.40. The van der Waals surface area contributed by atoms with E-state index in [9.17, 15) is 4.79 Å². The molecule has 0 aliphatic heterocycles. The van der Waals surface area contributed by atoms with Gasteiger partial charge in [-0.3, -0.25) is 4.79 Å². The van der Waals surface area contributed by atoms with Crippen molar-refractivity contribution >= 4 is 11.7 Å². The fourth-order valence-corrected chi connectivity index (χ4v) is 0.678. The van der Waals surface area contributed by atoms with E-state index in [4.69, 9.17) is 5.73 Å². The fourth-order valence-electron chi connectivity index (χ4n) is 0.678. The van der Waals surface area contributed by atoms with Crippen LogP contribution in [0.5, 0.6) is 0 Å². The molecule has 1 amide bonds. The minimum atomic E-state index is -0.178. The maximum absolute atomic E-state index is 11.2. The lowest BCUT2D eigenvalue weighted by Gasteiger charge is -2.08. The van der Waals surface area contributed by atoms with Gasteiger partial charge in [0.15, 0.2) is 0 Å². The molecule has 0 aromatic carbocycles. The van der Waals surface area contributed by atoms with Gasteiger partial charge in [-0.25, -0.2) is 9.97 Å². The van der Waals surface area contributed by atoms with E-state index in [1.165, 1.54) is 17.3 Å². The number of carbonyl (C=O) groups is 1. The highest BCUT2D eigenvalue weighted by Gasteiger charge is 2.08. The van der Waals surface area contributed by atoms with E-state index in [1.54, 1.807) is 14.1 Å². The second kappa shape index (κ2) is 3.17. The Bertz CT molecular complexity index is 280. The molecule has 0 atom stereocenters. The smallest absolute Gasteiger partial charge is 0.273 e. The molecule has 5 nitrogen and oxygen atoms in total. The quantitative estimate of drug-likeness (QED) is 0.625. The number of carbonyl (C=O) groups excluding carboxylic acids is 1. The van der Waals surface area contributed by atoms with Crippen molar-refractivity contribution in [1.29, 1.82) is 0 Å². The Balaban J connectivity index is 2.90. The lowest BCUT2D eigenvalue weighted by Crippen LogP contribution is -2.22. The number of anilines is 1. The number of aromatic nitrogens is 2. The van der Waals surface area contributed by atoms with Crippen molar-refractivity contribution in [2.24, 2.45) is 0 Å². The molecule has 0 aliphatic rings. The second-order valence-corrected chi connectivity index (χ2v) is 2.53. The minimum absolute atomic E-state index is 0.178. The Morgan fingerprint density at radius 2 is 2.08 bits per heavy atom. The van der Waals surface area contributed by atoms with E-state index in [0.29, 0.717) is 11.5 Å². The van der Waals surface area contributed by atoms with Crippen LogP contribution in [0.1, 0.15) is 10.5 Å². The Labute approximate surface area is 70.2 Å². The maximum Gasteiger partial charge on any atom is 0.273 e. The van der Waals surface area contributed by atoms with Crippen LogP contribution in [0.25, 0.3) is 0 Å². The van der Waals surface area contributed by atoms with Crippen molar-refractivity contribution in [2.75, 3.05) is 19.8 Å². The summed E-state index contributed by atoms with van der Waals surface area (Å²) in [5.41, 5.74) is 5.60. The highest BCUT2D eigenvalue weighted by Crippen LogP contribution is 1.98. The van der Waals surface area contributed by atoms with Gasteiger partial charge in [-0.2, -0.15) is 0 Å². The molecule has 0 radical (unpaired) electrons. The third-order valence-corrected chi connectivity index (χ3v) is 1.30. The number of nitrogens with two attached hydrogens (primary N) is 1. The molecular weight excluding hydrogens is 156 g/mol. The average Bonchev–Trinajstić information content (AvgIpc) is 2.04. The van der Waals surface area contributed by atoms with Gasteiger partial charge in [0, 0.05) is 14.1 Å². The summed E-state index contributed by atoms with van der Waals surface area (Å²) in [5.74, 6) is 0.132. The van der Waals surface area contributed by atoms with E-state index in [2.05, 4.69) is 9.97 Å². The molecule has 64 valence electrons.